The first-order valence-electron chi connectivity index (χ1n) is 4.72. The van der Waals surface area contributed by atoms with Crippen LogP contribution in [0.3, 0.4) is 0 Å². The van der Waals surface area contributed by atoms with Gasteiger partial charge in [0, 0.05) is 13.5 Å². The molecule has 1 spiro atoms. The molecule has 0 aromatic rings. The Morgan fingerprint density at radius 1 is 1.42 bits per heavy atom. The highest BCUT2D eigenvalue weighted by Gasteiger charge is 2.41. The van der Waals surface area contributed by atoms with E-state index in [2.05, 4.69) is 5.32 Å². The fourth-order valence-electron chi connectivity index (χ4n) is 2.18. The van der Waals surface area contributed by atoms with Crippen molar-refractivity contribution in [2.24, 2.45) is 0 Å². The number of nitrogens with one attached hydrogen (secondary N) is 1. The number of piperidine rings is 1. The van der Waals surface area contributed by atoms with E-state index >= 15 is 0 Å². The van der Waals surface area contributed by atoms with E-state index in [4.69, 9.17) is 9.47 Å². The minimum absolute atomic E-state index is 0.159. The molecule has 0 unspecified atom stereocenters. The number of rotatable bonds is 1. The Bertz CT molecular complexity index is 155. The maximum atomic E-state index is 5.82. The summed E-state index contributed by atoms with van der Waals surface area (Å²) in [5.41, 5.74) is 0.159. The number of ether oxygens (including phenoxy) is 2. The normalized spacial score (nSPS) is 34.2. The molecule has 2 rings (SSSR count). The Hall–Kier alpha value is -0.120. The Balaban J connectivity index is 1.94. The van der Waals surface area contributed by atoms with Crippen LogP contribution < -0.4 is 5.32 Å². The lowest BCUT2D eigenvalue weighted by Gasteiger charge is -2.32. The molecule has 2 aliphatic rings. The van der Waals surface area contributed by atoms with Crippen molar-refractivity contribution in [1.29, 1.82) is 0 Å². The Labute approximate surface area is 73.4 Å². The summed E-state index contributed by atoms with van der Waals surface area (Å²) < 4.78 is 11.1. The van der Waals surface area contributed by atoms with Crippen LogP contribution in [0.1, 0.15) is 19.3 Å². The van der Waals surface area contributed by atoms with Gasteiger partial charge in [0.15, 0.2) is 0 Å². The van der Waals surface area contributed by atoms with E-state index in [0.29, 0.717) is 6.10 Å². The fraction of sp³-hybridized carbons (Fsp3) is 1.00. The molecule has 0 aromatic carbocycles. The fourth-order valence-corrected chi connectivity index (χ4v) is 2.18. The predicted molar refractivity (Wildman–Crippen MR) is 46.2 cm³/mol. The van der Waals surface area contributed by atoms with Crippen LogP contribution >= 0.6 is 0 Å². The molecule has 3 nitrogen and oxygen atoms in total. The lowest BCUT2D eigenvalue weighted by Crippen LogP contribution is -2.41. The summed E-state index contributed by atoms with van der Waals surface area (Å²) in [5.74, 6) is 0. The van der Waals surface area contributed by atoms with Crippen LogP contribution in [0, 0.1) is 0 Å². The second kappa shape index (κ2) is 3.32. The van der Waals surface area contributed by atoms with E-state index in [1.54, 1.807) is 7.11 Å². The van der Waals surface area contributed by atoms with Gasteiger partial charge >= 0.3 is 0 Å². The van der Waals surface area contributed by atoms with Gasteiger partial charge in [-0.2, -0.15) is 0 Å². The van der Waals surface area contributed by atoms with Crippen molar-refractivity contribution in [3.63, 3.8) is 0 Å². The zero-order valence-electron chi connectivity index (χ0n) is 7.64. The van der Waals surface area contributed by atoms with E-state index in [1.807, 2.05) is 0 Å². The third kappa shape index (κ3) is 1.49. The summed E-state index contributed by atoms with van der Waals surface area (Å²) >= 11 is 0. The van der Waals surface area contributed by atoms with Crippen LogP contribution in [0.25, 0.3) is 0 Å². The van der Waals surface area contributed by atoms with E-state index in [1.165, 1.54) is 0 Å². The van der Waals surface area contributed by atoms with E-state index < -0.39 is 0 Å². The molecule has 0 aliphatic carbocycles. The van der Waals surface area contributed by atoms with Gasteiger partial charge in [0.05, 0.1) is 18.3 Å². The molecule has 2 aliphatic heterocycles. The van der Waals surface area contributed by atoms with Gasteiger partial charge in [0.2, 0.25) is 0 Å². The number of hydrogen-bond acceptors (Lipinski definition) is 3. The van der Waals surface area contributed by atoms with Gasteiger partial charge in [0.25, 0.3) is 0 Å². The predicted octanol–water partition coefficient (Wildman–Crippen LogP) is 0.544. The first-order valence-corrected chi connectivity index (χ1v) is 4.72. The van der Waals surface area contributed by atoms with Gasteiger partial charge < -0.3 is 14.8 Å². The molecule has 1 atom stereocenters. The first-order chi connectivity index (χ1) is 5.85. The van der Waals surface area contributed by atoms with Crippen molar-refractivity contribution >= 4 is 0 Å². The number of methoxy groups -OCH3 is 1. The van der Waals surface area contributed by atoms with Crippen molar-refractivity contribution < 1.29 is 9.47 Å². The monoisotopic (exact) mass is 171 g/mol. The second-order valence-corrected chi connectivity index (χ2v) is 3.81. The van der Waals surface area contributed by atoms with E-state index in [0.717, 1.165) is 39.0 Å². The van der Waals surface area contributed by atoms with E-state index in [9.17, 15) is 0 Å². The highest BCUT2D eigenvalue weighted by Crippen LogP contribution is 2.34. The van der Waals surface area contributed by atoms with Gasteiger partial charge in [0.1, 0.15) is 0 Å². The molecule has 70 valence electrons. The highest BCUT2D eigenvalue weighted by molar-refractivity contribution is 4.93. The minimum atomic E-state index is 0.159. The topological polar surface area (TPSA) is 30.5 Å². The average molecular weight is 171 g/mol. The highest BCUT2D eigenvalue weighted by atomic mass is 16.6. The molecule has 2 fully saturated rings. The van der Waals surface area contributed by atoms with Crippen molar-refractivity contribution in [3.8, 4) is 0 Å². The maximum absolute atomic E-state index is 5.82. The Kier molecular flexibility index (Phi) is 2.35. The molecule has 2 saturated heterocycles. The Morgan fingerprint density at radius 3 is 2.75 bits per heavy atom. The van der Waals surface area contributed by atoms with Gasteiger partial charge in [-0.25, -0.2) is 0 Å². The average Bonchev–Trinajstić information content (AvgIpc) is 2.50. The maximum Gasteiger partial charge on any atom is 0.0832 e. The second-order valence-electron chi connectivity index (χ2n) is 3.81. The van der Waals surface area contributed by atoms with Crippen molar-refractivity contribution in [1.82, 2.24) is 5.32 Å². The molecule has 0 amide bonds. The zero-order valence-corrected chi connectivity index (χ0v) is 7.64. The Morgan fingerprint density at radius 2 is 2.17 bits per heavy atom. The molecule has 2 heterocycles. The third-order valence-electron chi connectivity index (χ3n) is 3.02. The van der Waals surface area contributed by atoms with E-state index in [-0.39, 0.29) is 5.60 Å². The van der Waals surface area contributed by atoms with Crippen molar-refractivity contribution in [3.05, 3.63) is 0 Å². The lowest BCUT2D eigenvalue weighted by atomic mass is 9.89. The summed E-state index contributed by atoms with van der Waals surface area (Å²) in [5, 5.41) is 3.35. The van der Waals surface area contributed by atoms with Crippen LogP contribution in [0.5, 0.6) is 0 Å². The molecule has 3 heteroatoms. The molecule has 0 radical (unpaired) electrons. The number of hydrogen-bond donors (Lipinski definition) is 1. The van der Waals surface area contributed by atoms with Gasteiger partial charge in [-0.3, -0.25) is 0 Å². The molecule has 0 bridgehead atoms. The molecule has 0 aromatic heterocycles. The summed E-state index contributed by atoms with van der Waals surface area (Å²) in [6.45, 7) is 2.98. The van der Waals surface area contributed by atoms with Crippen LogP contribution in [-0.2, 0) is 9.47 Å². The quantitative estimate of drug-likeness (QED) is 0.624. The molecular weight excluding hydrogens is 154 g/mol. The molecule has 12 heavy (non-hydrogen) atoms. The third-order valence-corrected chi connectivity index (χ3v) is 3.02. The van der Waals surface area contributed by atoms with Gasteiger partial charge in [-0.05, 0) is 25.9 Å². The minimum Gasteiger partial charge on any atom is -0.379 e. The summed E-state index contributed by atoms with van der Waals surface area (Å²) in [6.07, 6.45) is 3.72. The summed E-state index contributed by atoms with van der Waals surface area (Å²) in [6, 6.07) is 0. The van der Waals surface area contributed by atoms with Crippen molar-refractivity contribution in [2.45, 2.75) is 31.0 Å². The molecule has 1 N–H and O–H groups in total. The van der Waals surface area contributed by atoms with Crippen molar-refractivity contribution in [2.75, 3.05) is 26.8 Å². The molecular formula is C9H17NO2. The smallest absolute Gasteiger partial charge is 0.0832 e. The van der Waals surface area contributed by atoms with Crippen LogP contribution in [-0.4, -0.2) is 38.5 Å². The van der Waals surface area contributed by atoms with Gasteiger partial charge in [-0.1, -0.05) is 0 Å². The van der Waals surface area contributed by atoms with Crippen LogP contribution in [0.2, 0.25) is 0 Å². The van der Waals surface area contributed by atoms with Crippen LogP contribution in [0.4, 0.5) is 0 Å². The lowest BCUT2D eigenvalue weighted by molar-refractivity contribution is -0.0218. The first kappa shape index (κ1) is 8.48. The SMILES string of the molecule is CO[C@H]1COC2(CCNCC2)C1. The van der Waals surface area contributed by atoms with Crippen LogP contribution in [0.15, 0.2) is 0 Å². The largest absolute Gasteiger partial charge is 0.379 e. The van der Waals surface area contributed by atoms with Gasteiger partial charge in [-0.15, -0.1) is 0 Å². The zero-order chi connectivity index (χ0) is 8.44. The standard InChI is InChI=1S/C9H17NO2/c1-11-8-6-9(12-7-8)2-4-10-5-3-9/h8,10H,2-7H2,1H3/t8-/m1/s1. The summed E-state index contributed by atoms with van der Waals surface area (Å²) in [4.78, 5) is 0. The molecule has 0 saturated carbocycles. The summed E-state index contributed by atoms with van der Waals surface area (Å²) in [7, 11) is 1.77.